The molecule has 1 aliphatic carbocycles. The average molecular weight is 200 g/mol. The lowest BCUT2D eigenvalue weighted by Gasteiger charge is -2.26. The summed E-state index contributed by atoms with van der Waals surface area (Å²) < 4.78 is 0. The summed E-state index contributed by atoms with van der Waals surface area (Å²) in [5, 5.41) is 8.94. The normalized spacial score (nSPS) is 18.9. The summed E-state index contributed by atoms with van der Waals surface area (Å²) in [6.07, 6.45) is 4.98. The van der Waals surface area contributed by atoms with Gasteiger partial charge in [-0.05, 0) is 44.2 Å². The molecule has 0 bridgehead atoms. The molecule has 0 aromatic carbocycles. The van der Waals surface area contributed by atoms with Crippen LogP contribution in [0.15, 0.2) is 0 Å². The van der Waals surface area contributed by atoms with E-state index in [2.05, 4.69) is 11.8 Å². The molecule has 0 unspecified atom stereocenters. The fourth-order valence-corrected chi connectivity index (χ4v) is 2.17. The predicted octanol–water partition coefficient (Wildman–Crippen LogP) is 0.820. The van der Waals surface area contributed by atoms with E-state index in [1.165, 1.54) is 19.3 Å². The second kappa shape index (κ2) is 5.69. The first-order valence-electron chi connectivity index (χ1n) is 5.79. The van der Waals surface area contributed by atoms with Crippen LogP contribution in [0.5, 0.6) is 0 Å². The maximum atomic E-state index is 8.94. The smallest absolute Gasteiger partial charge is 0.0558 e. The van der Waals surface area contributed by atoms with Crippen LogP contribution < -0.4 is 5.73 Å². The third-order valence-electron chi connectivity index (χ3n) is 3.15. The molecule has 0 atom stereocenters. The highest BCUT2D eigenvalue weighted by Gasteiger charge is 2.42. The lowest BCUT2D eigenvalue weighted by Crippen LogP contribution is -2.34. The summed E-state index contributed by atoms with van der Waals surface area (Å²) in [6, 6.07) is 0. The third-order valence-corrected chi connectivity index (χ3v) is 3.15. The average Bonchev–Trinajstić information content (AvgIpc) is 2.86. The van der Waals surface area contributed by atoms with Crippen LogP contribution in [0, 0.1) is 5.41 Å². The fourth-order valence-electron chi connectivity index (χ4n) is 2.17. The van der Waals surface area contributed by atoms with Gasteiger partial charge >= 0.3 is 0 Å². The Labute approximate surface area is 87.3 Å². The molecule has 0 radical (unpaired) electrons. The number of aliphatic hydroxyl groups is 1. The van der Waals surface area contributed by atoms with Crippen molar-refractivity contribution in [1.82, 2.24) is 4.90 Å². The minimum absolute atomic E-state index is 0.276. The van der Waals surface area contributed by atoms with Gasteiger partial charge in [-0.15, -0.1) is 0 Å². The number of hydrogen-bond acceptors (Lipinski definition) is 3. The van der Waals surface area contributed by atoms with E-state index in [1.54, 1.807) is 0 Å². The molecule has 3 nitrogen and oxygen atoms in total. The summed E-state index contributed by atoms with van der Waals surface area (Å²) >= 11 is 0. The van der Waals surface area contributed by atoms with Gasteiger partial charge in [-0.2, -0.15) is 0 Å². The van der Waals surface area contributed by atoms with Gasteiger partial charge in [0, 0.05) is 13.1 Å². The van der Waals surface area contributed by atoms with E-state index < -0.39 is 0 Å². The molecule has 0 aliphatic heterocycles. The Bertz CT molecular complexity index is 151. The minimum Gasteiger partial charge on any atom is -0.395 e. The molecule has 0 spiro atoms. The second-order valence-corrected chi connectivity index (χ2v) is 4.54. The van der Waals surface area contributed by atoms with Crippen molar-refractivity contribution in [3.05, 3.63) is 0 Å². The lowest BCUT2D eigenvalue weighted by atomic mass is 10.0. The van der Waals surface area contributed by atoms with Crippen molar-refractivity contribution < 1.29 is 5.11 Å². The van der Waals surface area contributed by atoms with E-state index in [0.29, 0.717) is 5.41 Å². The zero-order chi connectivity index (χ0) is 10.4. The topological polar surface area (TPSA) is 49.5 Å². The highest BCUT2D eigenvalue weighted by molar-refractivity contribution is 4.95. The first kappa shape index (κ1) is 12.0. The highest BCUT2D eigenvalue weighted by atomic mass is 16.3. The van der Waals surface area contributed by atoms with E-state index in [4.69, 9.17) is 10.8 Å². The maximum absolute atomic E-state index is 8.94. The zero-order valence-corrected chi connectivity index (χ0v) is 9.34. The Morgan fingerprint density at radius 2 is 2.07 bits per heavy atom. The van der Waals surface area contributed by atoms with Crippen molar-refractivity contribution in [3.8, 4) is 0 Å². The molecular weight excluding hydrogens is 176 g/mol. The van der Waals surface area contributed by atoms with Gasteiger partial charge in [-0.1, -0.05) is 6.92 Å². The van der Waals surface area contributed by atoms with Crippen LogP contribution in [0.2, 0.25) is 0 Å². The van der Waals surface area contributed by atoms with Gasteiger partial charge in [-0.25, -0.2) is 0 Å². The van der Waals surface area contributed by atoms with E-state index >= 15 is 0 Å². The van der Waals surface area contributed by atoms with Gasteiger partial charge in [0.1, 0.15) is 0 Å². The van der Waals surface area contributed by atoms with Gasteiger partial charge in [0.2, 0.25) is 0 Å². The quantitative estimate of drug-likeness (QED) is 0.610. The highest BCUT2D eigenvalue weighted by Crippen LogP contribution is 2.48. The largest absolute Gasteiger partial charge is 0.395 e. The minimum atomic E-state index is 0.276. The summed E-state index contributed by atoms with van der Waals surface area (Å²) in [5.41, 5.74) is 6.12. The molecular formula is C11H24N2O. The Balaban J connectivity index is 2.30. The predicted molar refractivity (Wildman–Crippen MR) is 59.2 cm³/mol. The maximum Gasteiger partial charge on any atom is 0.0558 e. The Hall–Kier alpha value is -0.120. The third kappa shape index (κ3) is 3.56. The van der Waals surface area contributed by atoms with Crippen molar-refractivity contribution >= 4 is 0 Å². The van der Waals surface area contributed by atoms with Crippen LogP contribution in [-0.2, 0) is 0 Å². The molecule has 1 rings (SSSR count). The number of rotatable bonds is 8. The molecule has 3 N–H and O–H groups in total. The van der Waals surface area contributed by atoms with E-state index in [9.17, 15) is 0 Å². The summed E-state index contributed by atoms with van der Waals surface area (Å²) in [4.78, 5) is 2.38. The standard InChI is InChI=1S/C11H24N2O/c1-2-7-13(8-9-14)10-11(3-4-11)5-6-12/h14H,2-10,12H2,1H3. The Kier molecular flexibility index (Phi) is 4.85. The number of nitrogens with two attached hydrogens (primary N) is 1. The first-order valence-corrected chi connectivity index (χ1v) is 5.79. The van der Waals surface area contributed by atoms with Gasteiger partial charge in [0.25, 0.3) is 0 Å². The van der Waals surface area contributed by atoms with Crippen LogP contribution in [-0.4, -0.2) is 42.8 Å². The molecule has 1 saturated carbocycles. The van der Waals surface area contributed by atoms with Crippen LogP contribution >= 0.6 is 0 Å². The molecule has 0 heterocycles. The fraction of sp³-hybridized carbons (Fsp3) is 1.00. The molecule has 0 amide bonds. The van der Waals surface area contributed by atoms with Crippen molar-refractivity contribution in [1.29, 1.82) is 0 Å². The monoisotopic (exact) mass is 200 g/mol. The number of hydrogen-bond donors (Lipinski definition) is 2. The Morgan fingerprint density at radius 1 is 1.36 bits per heavy atom. The van der Waals surface area contributed by atoms with Crippen molar-refractivity contribution in [2.45, 2.75) is 32.6 Å². The van der Waals surface area contributed by atoms with E-state index in [0.717, 1.165) is 32.6 Å². The van der Waals surface area contributed by atoms with Crippen LogP contribution in [0.4, 0.5) is 0 Å². The van der Waals surface area contributed by atoms with Crippen molar-refractivity contribution in [2.75, 3.05) is 32.8 Å². The van der Waals surface area contributed by atoms with Gasteiger partial charge in [0.05, 0.1) is 6.61 Å². The first-order chi connectivity index (χ1) is 6.76. The van der Waals surface area contributed by atoms with Gasteiger partial charge < -0.3 is 15.7 Å². The van der Waals surface area contributed by atoms with Crippen molar-refractivity contribution in [3.63, 3.8) is 0 Å². The molecule has 0 aromatic heterocycles. The second-order valence-electron chi connectivity index (χ2n) is 4.54. The van der Waals surface area contributed by atoms with Crippen LogP contribution in [0.1, 0.15) is 32.6 Å². The molecule has 0 aromatic rings. The Morgan fingerprint density at radius 3 is 2.50 bits per heavy atom. The molecule has 0 saturated heterocycles. The summed E-state index contributed by atoms with van der Waals surface area (Å²) in [5.74, 6) is 0. The molecule has 14 heavy (non-hydrogen) atoms. The van der Waals surface area contributed by atoms with Crippen molar-refractivity contribution in [2.24, 2.45) is 11.1 Å². The molecule has 1 fully saturated rings. The van der Waals surface area contributed by atoms with Gasteiger partial charge in [-0.3, -0.25) is 0 Å². The summed E-state index contributed by atoms with van der Waals surface area (Å²) in [7, 11) is 0. The SMILES string of the molecule is CCCN(CCO)CC1(CCN)CC1. The molecule has 84 valence electrons. The van der Waals surface area contributed by atoms with Crippen LogP contribution in [0.25, 0.3) is 0 Å². The number of aliphatic hydroxyl groups excluding tert-OH is 1. The molecule has 1 aliphatic rings. The van der Waals surface area contributed by atoms with E-state index in [-0.39, 0.29) is 6.61 Å². The van der Waals surface area contributed by atoms with E-state index in [1.807, 2.05) is 0 Å². The van der Waals surface area contributed by atoms with Crippen LogP contribution in [0.3, 0.4) is 0 Å². The lowest BCUT2D eigenvalue weighted by molar-refractivity contribution is 0.166. The number of nitrogens with zero attached hydrogens (tertiary/aromatic N) is 1. The zero-order valence-electron chi connectivity index (χ0n) is 9.34. The summed E-state index contributed by atoms with van der Waals surface area (Å²) in [6.45, 7) is 6.33. The van der Waals surface area contributed by atoms with Gasteiger partial charge in [0.15, 0.2) is 0 Å². The molecule has 3 heteroatoms.